The van der Waals surface area contributed by atoms with E-state index in [1.54, 1.807) is 11.1 Å². The molecule has 1 aromatic carbocycles. The van der Waals surface area contributed by atoms with Gasteiger partial charge in [-0.1, -0.05) is 17.8 Å². The smallest absolute Gasteiger partial charge is 0.258 e. The molecule has 2 aromatic heterocycles. The number of halogens is 2. The number of carbonyl (C=O) groups is 1. The van der Waals surface area contributed by atoms with E-state index in [-0.39, 0.29) is 34.0 Å². The molecule has 4 saturated carbocycles. The number of hydrogen-bond acceptors (Lipinski definition) is 6. The lowest BCUT2D eigenvalue weighted by atomic mass is 9.52. The highest BCUT2D eigenvalue weighted by Gasteiger charge is 2.51. The number of hydrogen-bond donors (Lipinski definition) is 0. The number of fused-ring (bicyclic) bond motifs is 3. The van der Waals surface area contributed by atoms with E-state index in [0.29, 0.717) is 18.4 Å². The summed E-state index contributed by atoms with van der Waals surface area (Å²) in [4.78, 5) is 28.6. The fourth-order valence-electron chi connectivity index (χ4n) is 6.21. The van der Waals surface area contributed by atoms with E-state index in [2.05, 4.69) is 26.7 Å². The highest BCUT2D eigenvalue weighted by molar-refractivity contribution is 6.28. The van der Waals surface area contributed by atoms with Gasteiger partial charge in [-0.05, 0) is 92.6 Å². The molecule has 0 aliphatic heterocycles. The summed E-state index contributed by atoms with van der Waals surface area (Å²) in [5, 5.41) is 4.42. The molecule has 0 N–H and O–H groups in total. The summed E-state index contributed by atoms with van der Waals surface area (Å²) in [5.74, 6) is 1.35. The van der Waals surface area contributed by atoms with Gasteiger partial charge in [0.2, 0.25) is 5.28 Å². The molecule has 2 bridgehead atoms. The van der Waals surface area contributed by atoms with Gasteiger partial charge < -0.3 is 9.42 Å². The molecule has 0 saturated heterocycles. The first kappa shape index (κ1) is 25.2. The van der Waals surface area contributed by atoms with Crippen LogP contribution in [-0.4, -0.2) is 39.2 Å². The number of benzene rings is 1. The average Bonchev–Trinajstić information content (AvgIpc) is 3.68. The Kier molecular flexibility index (Phi) is 6.54. The van der Waals surface area contributed by atoms with E-state index in [0.717, 1.165) is 74.1 Å². The molecule has 198 valence electrons. The molecule has 0 unspecified atom stereocenters. The van der Waals surface area contributed by atoms with Crippen molar-refractivity contribution >= 4 is 23.2 Å². The molecule has 2 heterocycles. The summed E-state index contributed by atoms with van der Waals surface area (Å²) in [7, 11) is 0. The first-order valence-electron chi connectivity index (χ1n) is 13.4. The van der Waals surface area contributed by atoms with Crippen LogP contribution in [0, 0.1) is 5.41 Å². The van der Waals surface area contributed by atoms with Gasteiger partial charge in [-0.25, -0.2) is 9.97 Å². The normalized spacial score (nSPS) is 24.4. The Labute approximate surface area is 226 Å². The first-order valence-corrected chi connectivity index (χ1v) is 13.8. The van der Waals surface area contributed by atoms with Crippen LogP contribution >= 0.6 is 11.6 Å². The molecule has 7 nitrogen and oxygen atoms in total. The van der Waals surface area contributed by atoms with Gasteiger partial charge >= 0.3 is 0 Å². The summed E-state index contributed by atoms with van der Waals surface area (Å²) in [6.07, 6.45) is 9.81. The minimum Gasteiger partial charge on any atom is -0.334 e. The lowest BCUT2D eigenvalue weighted by molar-refractivity contribution is -0.116. The van der Waals surface area contributed by atoms with E-state index in [1.165, 1.54) is 0 Å². The van der Waals surface area contributed by atoms with Crippen LogP contribution in [0.3, 0.4) is 0 Å². The average molecular weight is 536 g/mol. The number of anilines is 1. The number of alkyl halides is 1. The van der Waals surface area contributed by atoms with Crippen molar-refractivity contribution in [1.82, 2.24) is 20.1 Å². The molecule has 7 rings (SSSR count). The third-order valence-electron chi connectivity index (χ3n) is 8.80. The van der Waals surface area contributed by atoms with Crippen molar-refractivity contribution in [2.24, 2.45) is 5.41 Å². The van der Waals surface area contributed by atoms with Gasteiger partial charge in [-0.15, -0.1) is 0 Å². The van der Waals surface area contributed by atoms with Crippen molar-refractivity contribution < 1.29 is 13.7 Å². The van der Waals surface area contributed by atoms with Crippen molar-refractivity contribution in [1.29, 1.82) is 0 Å². The van der Waals surface area contributed by atoms with E-state index < -0.39 is 6.67 Å². The maximum absolute atomic E-state index is 13.6. The second kappa shape index (κ2) is 9.88. The largest absolute Gasteiger partial charge is 0.334 e. The van der Waals surface area contributed by atoms with E-state index >= 15 is 0 Å². The maximum atomic E-state index is 13.6. The van der Waals surface area contributed by atoms with Crippen LogP contribution in [0.25, 0.3) is 11.5 Å². The third kappa shape index (κ3) is 4.75. The monoisotopic (exact) mass is 535 g/mol. The minimum atomic E-state index is -0.612. The number of nitrogens with zero attached hydrogens (tertiary/aromatic N) is 5. The predicted molar refractivity (Wildman–Crippen MR) is 143 cm³/mol. The quantitative estimate of drug-likeness (QED) is 0.227. The maximum Gasteiger partial charge on any atom is 0.258 e. The molecular formula is C29H31ClFN5O2. The molecule has 4 aliphatic carbocycles. The Morgan fingerprint density at radius 1 is 1.13 bits per heavy atom. The van der Waals surface area contributed by atoms with Crippen LogP contribution in [0.1, 0.15) is 75.2 Å². The Morgan fingerprint density at radius 3 is 2.58 bits per heavy atom. The van der Waals surface area contributed by atoms with Gasteiger partial charge in [0, 0.05) is 47.3 Å². The van der Waals surface area contributed by atoms with Gasteiger partial charge in [0.1, 0.15) is 0 Å². The second-order valence-electron chi connectivity index (χ2n) is 11.2. The van der Waals surface area contributed by atoms with Gasteiger partial charge in [-0.2, -0.15) is 4.98 Å². The number of carbonyl (C=O) groups excluding carboxylic acids is 1. The number of aromatic nitrogens is 4. The zero-order valence-electron chi connectivity index (χ0n) is 21.3. The molecule has 9 heteroatoms. The van der Waals surface area contributed by atoms with E-state index in [9.17, 15) is 9.18 Å². The van der Waals surface area contributed by atoms with Crippen LogP contribution in [0.5, 0.6) is 0 Å². The van der Waals surface area contributed by atoms with E-state index in [1.807, 2.05) is 30.3 Å². The molecular weight excluding hydrogens is 505 g/mol. The number of rotatable bonds is 9. The van der Waals surface area contributed by atoms with Gasteiger partial charge in [0.05, 0.1) is 12.4 Å². The summed E-state index contributed by atoms with van der Waals surface area (Å²) in [5.41, 5.74) is 2.79. The van der Waals surface area contributed by atoms with Gasteiger partial charge in [0.25, 0.3) is 11.8 Å². The fraction of sp³-hybridized carbons (Fsp3) is 0.483. The lowest BCUT2D eigenvalue weighted by Gasteiger charge is -2.54. The Balaban J connectivity index is 1.27. The Hall–Kier alpha value is -3.13. The summed E-state index contributed by atoms with van der Waals surface area (Å²) in [6.45, 7) is 3.86. The van der Waals surface area contributed by atoms with Crippen molar-refractivity contribution in [2.75, 3.05) is 18.1 Å². The third-order valence-corrected chi connectivity index (χ3v) is 8.98. The van der Waals surface area contributed by atoms with Gasteiger partial charge in [-0.3, -0.25) is 9.18 Å². The molecule has 0 radical (unpaired) electrons. The molecule has 4 fully saturated rings. The minimum absolute atomic E-state index is 0.0120. The summed E-state index contributed by atoms with van der Waals surface area (Å²) in [6, 6.07) is 9.62. The molecule has 1 amide bonds. The van der Waals surface area contributed by atoms with Crippen molar-refractivity contribution in [2.45, 2.75) is 69.1 Å². The fourth-order valence-corrected chi connectivity index (χ4v) is 6.36. The topological polar surface area (TPSA) is 85.0 Å². The zero-order valence-corrected chi connectivity index (χ0v) is 22.1. The zero-order chi connectivity index (χ0) is 26.3. The molecule has 0 atom stereocenters. The first-order chi connectivity index (χ1) is 18.4. The molecule has 38 heavy (non-hydrogen) atoms. The molecule has 0 spiro atoms. The standard InChI is InChI=1S/C29H31ClFN5O2/c1-19(7-15-31)26(37)36(22-4-2-3-21(17-22)25-34-24(35-38-25)20-5-6-20)18-28-9-12-29(13-10-28,14-11-28)23-8-16-32-27(30)33-23/h2-4,8,16-17,20H,1,5-7,9-15,18H2. The molecule has 4 aliphatic rings. The van der Waals surface area contributed by atoms with Crippen LogP contribution in [0.15, 0.2) is 53.2 Å². The van der Waals surface area contributed by atoms with E-state index in [4.69, 9.17) is 16.1 Å². The van der Waals surface area contributed by atoms with Crippen molar-refractivity contribution in [3.8, 4) is 11.5 Å². The van der Waals surface area contributed by atoms with Crippen molar-refractivity contribution in [3.63, 3.8) is 0 Å². The highest BCUT2D eigenvalue weighted by atomic mass is 35.5. The molecule has 3 aromatic rings. The van der Waals surface area contributed by atoms with Crippen LogP contribution in [0.2, 0.25) is 5.28 Å². The van der Waals surface area contributed by atoms with Crippen LogP contribution < -0.4 is 4.90 Å². The second-order valence-corrected chi connectivity index (χ2v) is 11.5. The Bertz CT molecular complexity index is 1350. The summed E-state index contributed by atoms with van der Waals surface area (Å²) < 4.78 is 18.7. The predicted octanol–water partition coefficient (Wildman–Crippen LogP) is 6.60. The SMILES string of the molecule is C=C(CCF)C(=O)N(CC12CCC(c3ccnc(Cl)n3)(CC1)CC2)c1cccc(-c2nc(C3CC3)no2)c1. The highest BCUT2D eigenvalue weighted by Crippen LogP contribution is 2.58. The summed E-state index contributed by atoms with van der Waals surface area (Å²) >= 11 is 6.11. The van der Waals surface area contributed by atoms with Crippen LogP contribution in [0.4, 0.5) is 10.1 Å². The van der Waals surface area contributed by atoms with Gasteiger partial charge in [0.15, 0.2) is 5.82 Å². The number of amides is 1. The lowest BCUT2D eigenvalue weighted by Crippen LogP contribution is -2.51. The Morgan fingerprint density at radius 2 is 1.89 bits per heavy atom. The van der Waals surface area contributed by atoms with Crippen molar-refractivity contribution in [3.05, 3.63) is 65.5 Å². The van der Waals surface area contributed by atoms with Crippen LogP contribution in [-0.2, 0) is 10.2 Å².